The summed E-state index contributed by atoms with van der Waals surface area (Å²) in [5, 5.41) is 12.2. The van der Waals surface area contributed by atoms with Crippen LogP contribution in [0.2, 0.25) is 0 Å². The van der Waals surface area contributed by atoms with Crippen molar-refractivity contribution in [1.82, 2.24) is 9.88 Å². The first-order chi connectivity index (χ1) is 11.5. The molecule has 24 heavy (non-hydrogen) atoms. The summed E-state index contributed by atoms with van der Waals surface area (Å²) in [4.78, 5) is 23.9. The highest BCUT2D eigenvalue weighted by Gasteiger charge is 2.19. The lowest BCUT2D eigenvalue weighted by Gasteiger charge is -2.14. The summed E-state index contributed by atoms with van der Waals surface area (Å²) < 4.78 is 1.82. The van der Waals surface area contributed by atoms with Crippen molar-refractivity contribution in [2.75, 3.05) is 18.1 Å². The number of rotatable bonds is 7. The second-order valence-corrected chi connectivity index (χ2v) is 6.79. The van der Waals surface area contributed by atoms with Gasteiger partial charge in [0.05, 0.1) is 16.8 Å². The molecule has 2 aromatic rings. The number of nitrogens with zero attached hydrogens (tertiary/aromatic N) is 1. The Kier molecular flexibility index (Phi) is 6.09. The van der Waals surface area contributed by atoms with Crippen molar-refractivity contribution >= 4 is 23.6 Å². The van der Waals surface area contributed by atoms with Crippen molar-refractivity contribution in [2.45, 2.75) is 20.8 Å². The molecule has 0 aliphatic rings. The molecule has 0 aliphatic heterocycles. The Morgan fingerprint density at radius 2 is 1.92 bits per heavy atom. The normalized spacial score (nSPS) is 10.6. The van der Waals surface area contributed by atoms with Crippen LogP contribution in [0.3, 0.4) is 0 Å². The first-order valence-corrected chi connectivity index (χ1v) is 9.00. The number of aromatic carboxylic acids is 1. The van der Waals surface area contributed by atoms with Gasteiger partial charge in [-0.3, -0.25) is 4.79 Å². The zero-order valence-electron chi connectivity index (χ0n) is 14.1. The largest absolute Gasteiger partial charge is 0.478 e. The average molecular weight is 346 g/mol. The summed E-state index contributed by atoms with van der Waals surface area (Å²) in [5.41, 5.74) is 2.88. The van der Waals surface area contributed by atoms with Gasteiger partial charge in [0.1, 0.15) is 0 Å². The van der Waals surface area contributed by atoms with Gasteiger partial charge in [0.2, 0.25) is 0 Å². The fraction of sp³-hybridized carbons (Fsp3) is 0.333. The molecule has 2 rings (SSSR count). The maximum Gasteiger partial charge on any atom is 0.337 e. The molecule has 6 heteroatoms. The van der Waals surface area contributed by atoms with Gasteiger partial charge < -0.3 is 15.0 Å². The third-order valence-corrected chi connectivity index (χ3v) is 4.69. The molecule has 0 unspecified atom stereocenters. The van der Waals surface area contributed by atoms with Crippen LogP contribution >= 0.6 is 11.8 Å². The monoisotopic (exact) mass is 346 g/mol. The van der Waals surface area contributed by atoms with Crippen LogP contribution in [0.4, 0.5) is 0 Å². The summed E-state index contributed by atoms with van der Waals surface area (Å²) in [6.07, 6.45) is 0. The minimum atomic E-state index is -0.965. The molecule has 0 saturated carbocycles. The van der Waals surface area contributed by atoms with Gasteiger partial charge in [-0.25, -0.2) is 4.79 Å². The van der Waals surface area contributed by atoms with Gasteiger partial charge in [-0.2, -0.15) is 11.8 Å². The second-order valence-electron chi connectivity index (χ2n) is 5.40. The molecule has 1 aromatic carbocycles. The van der Waals surface area contributed by atoms with Crippen molar-refractivity contribution in [2.24, 2.45) is 0 Å². The van der Waals surface area contributed by atoms with Gasteiger partial charge in [0.25, 0.3) is 5.91 Å². The van der Waals surface area contributed by atoms with Crippen LogP contribution in [0.25, 0.3) is 5.69 Å². The number of carboxylic acid groups (broad SMARTS) is 1. The highest BCUT2D eigenvalue weighted by molar-refractivity contribution is 7.99. The highest BCUT2D eigenvalue weighted by atomic mass is 32.2. The lowest BCUT2D eigenvalue weighted by Crippen LogP contribution is -2.27. The molecule has 2 N–H and O–H groups in total. The minimum absolute atomic E-state index is 0.147. The van der Waals surface area contributed by atoms with E-state index < -0.39 is 5.97 Å². The van der Waals surface area contributed by atoms with E-state index >= 15 is 0 Å². The fourth-order valence-electron chi connectivity index (χ4n) is 2.69. The predicted octanol–water partition coefficient (Wildman–Crippen LogP) is 3.28. The Labute approximate surface area is 146 Å². The fourth-order valence-corrected chi connectivity index (χ4v) is 3.22. The van der Waals surface area contributed by atoms with E-state index in [9.17, 15) is 14.7 Å². The van der Waals surface area contributed by atoms with E-state index in [-0.39, 0.29) is 11.5 Å². The second kappa shape index (κ2) is 8.06. The van der Waals surface area contributed by atoms with Gasteiger partial charge in [-0.1, -0.05) is 19.1 Å². The number of hydrogen-bond donors (Lipinski definition) is 2. The maximum atomic E-state index is 12.5. The Morgan fingerprint density at radius 1 is 1.21 bits per heavy atom. The number of amides is 1. The van der Waals surface area contributed by atoms with Crippen LogP contribution < -0.4 is 5.32 Å². The van der Waals surface area contributed by atoms with E-state index in [1.54, 1.807) is 30.8 Å². The molecule has 5 nitrogen and oxygen atoms in total. The Bertz CT molecular complexity index is 753. The van der Waals surface area contributed by atoms with Gasteiger partial charge in [-0.15, -0.1) is 0 Å². The van der Waals surface area contributed by atoms with E-state index in [4.69, 9.17) is 0 Å². The molecule has 0 saturated heterocycles. The lowest BCUT2D eigenvalue weighted by molar-refractivity contribution is 0.0696. The molecule has 128 valence electrons. The van der Waals surface area contributed by atoms with Crippen LogP contribution in [-0.4, -0.2) is 39.6 Å². The van der Waals surface area contributed by atoms with E-state index in [2.05, 4.69) is 12.2 Å². The SMILES string of the molecule is CCSCCNC(=O)c1ccccc1-n1c(C)cc(C(=O)O)c1C. The topological polar surface area (TPSA) is 71.3 Å². The smallest absolute Gasteiger partial charge is 0.337 e. The third kappa shape index (κ3) is 3.82. The molecule has 1 heterocycles. The number of nitrogens with one attached hydrogen (secondary N) is 1. The maximum absolute atomic E-state index is 12.5. The number of carboxylic acids is 1. The van der Waals surface area contributed by atoms with Crippen LogP contribution in [0.5, 0.6) is 0 Å². The number of thioether (sulfide) groups is 1. The number of carbonyl (C=O) groups is 2. The molecule has 0 fully saturated rings. The minimum Gasteiger partial charge on any atom is -0.478 e. The standard InChI is InChI=1S/C18H22N2O3S/c1-4-24-10-9-19-17(21)14-7-5-6-8-16(14)20-12(2)11-15(13(20)3)18(22)23/h5-8,11H,4,9-10H2,1-3H3,(H,19,21)(H,22,23). The summed E-state index contributed by atoms with van der Waals surface area (Å²) in [7, 11) is 0. The van der Waals surface area contributed by atoms with Crippen molar-refractivity contribution in [3.63, 3.8) is 0 Å². The van der Waals surface area contributed by atoms with Gasteiger partial charge in [0.15, 0.2) is 0 Å². The molecule has 1 aromatic heterocycles. The quantitative estimate of drug-likeness (QED) is 0.755. The zero-order chi connectivity index (χ0) is 17.7. The molecule has 0 bridgehead atoms. The predicted molar refractivity (Wildman–Crippen MR) is 97.5 cm³/mol. The van der Waals surface area contributed by atoms with E-state index in [0.717, 1.165) is 17.2 Å². The number of benzene rings is 1. The number of aryl methyl sites for hydroxylation is 1. The molecule has 0 spiro atoms. The van der Waals surface area contributed by atoms with Crippen molar-refractivity contribution in [3.8, 4) is 5.69 Å². The number of hydrogen-bond acceptors (Lipinski definition) is 3. The van der Waals surface area contributed by atoms with Crippen molar-refractivity contribution in [3.05, 3.63) is 52.8 Å². The number of aromatic nitrogens is 1. The van der Waals surface area contributed by atoms with Gasteiger partial charge in [0, 0.05) is 23.7 Å². The molecular weight excluding hydrogens is 324 g/mol. The lowest BCUT2D eigenvalue weighted by atomic mass is 10.1. The van der Waals surface area contributed by atoms with Crippen LogP contribution in [0, 0.1) is 13.8 Å². The number of para-hydroxylation sites is 1. The molecule has 0 aliphatic carbocycles. The van der Waals surface area contributed by atoms with E-state index in [1.165, 1.54) is 0 Å². The van der Waals surface area contributed by atoms with Gasteiger partial charge in [-0.05, 0) is 37.8 Å². The summed E-state index contributed by atoms with van der Waals surface area (Å²) in [5.74, 6) is 0.779. The highest BCUT2D eigenvalue weighted by Crippen LogP contribution is 2.23. The van der Waals surface area contributed by atoms with Crippen molar-refractivity contribution < 1.29 is 14.7 Å². The molecular formula is C18H22N2O3S. The van der Waals surface area contributed by atoms with Gasteiger partial charge >= 0.3 is 5.97 Å². The first-order valence-electron chi connectivity index (χ1n) is 7.85. The van der Waals surface area contributed by atoms with Crippen LogP contribution in [0.1, 0.15) is 39.0 Å². The summed E-state index contributed by atoms with van der Waals surface area (Å²) >= 11 is 1.77. The van der Waals surface area contributed by atoms with E-state index in [1.807, 2.05) is 29.7 Å². The summed E-state index contributed by atoms with van der Waals surface area (Å²) in [6, 6.07) is 8.88. The van der Waals surface area contributed by atoms with E-state index in [0.29, 0.717) is 23.5 Å². The molecule has 0 radical (unpaired) electrons. The number of carbonyl (C=O) groups excluding carboxylic acids is 1. The zero-order valence-corrected chi connectivity index (χ0v) is 14.9. The average Bonchev–Trinajstić information content (AvgIpc) is 2.86. The third-order valence-electron chi connectivity index (χ3n) is 3.79. The summed E-state index contributed by atoms with van der Waals surface area (Å²) in [6.45, 7) is 6.28. The molecule has 0 atom stereocenters. The van der Waals surface area contributed by atoms with Crippen molar-refractivity contribution in [1.29, 1.82) is 0 Å². The first kappa shape index (κ1) is 18.1. The molecule has 1 amide bonds. The Balaban J connectivity index is 2.36. The Hall–Kier alpha value is -2.21. The Morgan fingerprint density at radius 3 is 2.54 bits per heavy atom. The van der Waals surface area contributed by atoms with Crippen LogP contribution in [-0.2, 0) is 0 Å². The van der Waals surface area contributed by atoms with Crippen LogP contribution in [0.15, 0.2) is 30.3 Å².